The number of likely N-dealkylation sites (tertiary alicyclic amines) is 1. The van der Waals surface area contributed by atoms with Gasteiger partial charge in [-0.05, 0) is 49.9 Å². The van der Waals surface area contributed by atoms with Gasteiger partial charge in [0, 0.05) is 6.54 Å². The number of hydrogen-bond donors (Lipinski definition) is 0. The first-order valence-corrected chi connectivity index (χ1v) is 7.25. The van der Waals surface area contributed by atoms with Gasteiger partial charge in [0.15, 0.2) is 0 Å². The molecule has 100 valence electrons. The van der Waals surface area contributed by atoms with Crippen LogP contribution >= 0.6 is 0 Å². The van der Waals surface area contributed by atoms with Crippen LogP contribution < -0.4 is 4.74 Å². The summed E-state index contributed by atoms with van der Waals surface area (Å²) in [5.41, 5.74) is 1.35. The summed E-state index contributed by atoms with van der Waals surface area (Å²) in [5.74, 6) is 1.65. The van der Waals surface area contributed by atoms with Crippen molar-refractivity contribution in [1.82, 2.24) is 4.90 Å². The molecular weight excluding hydrogens is 222 g/mol. The van der Waals surface area contributed by atoms with Crippen molar-refractivity contribution in [1.29, 1.82) is 0 Å². The molecule has 1 aromatic rings. The Hall–Kier alpha value is -1.02. The molecule has 0 N–H and O–H groups in total. The van der Waals surface area contributed by atoms with E-state index in [-0.39, 0.29) is 0 Å². The summed E-state index contributed by atoms with van der Waals surface area (Å²) in [6, 6.07) is 8.47. The molecule has 1 aliphatic rings. The SMILES string of the molecule is CC[C@H](C)c1ccccc1OCCN1CCCC1. The maximum Gasteiger partial charge on any atom is 0.122 e. The van der Waals surface area contributed by atoms with E-state index in [1.165, 1.54) is 31.5 Å². The second-order valence-electron chi connectivity index (χ2n) is 5.24. The average Bonchev–Trinajstić information content (AvgIpc) is 2.92. The molecule has 2 rings (SSSR count). The molecule has 2 heteroatoms. The first-order valence-electron chi connectivity index (χ1n) is 7.25. The molecule has 0 unspecified atom stereocenters. The van der Waals surface area contributed by atoms with Crippen molar-refractivity contribution in [3.05, 3.63) is 29.8 Å². The van der Waals surface area contributed by atoms with Crippen molar-refractivity contribution in [3.8, 4) is 5.75 Å². The van der Waals surface area contributed by atoms with Gasteiger partial charge in [0.25, 0.3) is 0 Å². The molecule has 1 atom stereocenters. The summed E-state index contributed by atoms with van der Waals surface area (Å²) in [4.78, 5) is 2.49. The molecule has 2 nitrogen and oxygen atoms in total. The third kappa shape index (κ3) is 3.49. The third-order valence-electron chi connectivity index (χ3n) is 3.93. The Balaban J connectivity index is 1.87. The molecule has 0 aromatic heterocycles. The molecule has 1 aromatic carbocycles. The lowest BCUT2D eigenvalue weighted by atomic mass is 9.98. The maximum absolute atomic E-state index is 5.98. The van der Waals surface area contributed by atoms with Gasteiger partial charge in [-0.15, -0.1) is 0 Å². The van der Waals surface area contributed by atoms with E-state index in [0.717, 1.165) is 25.3 Å². The second-order valence-corrected chi connectivity index (χ2v) is 5.24. The van der Waals surface area contributed by atoms with Gasteiger partial charge in [-0.1, -0.05) is 32.0 Å². The van der Waals surface area contributed by atoms with E-state index in [4.69, 9.17) is 4.74 Å². The van der Waals surface area contributed by atoms with Crippen LogP contribution in [0.15, 0.2) is 24.3 Å². The van der Waals surface area contributed by atoms with Crippen molar-refractivity contribution in [2.45, 2.75) is 39.0 Å². The quantitative estimate of drug-likeness (QED) is 0.760. The third-order valence-corrected chi connectivity index (χ3v) is 3.93. The largest absolute Gasteiger partial charge is 0.492 e. The summed E-state index contributed by atoms with van der Waals surface area (Å²) in [6.07, 6.45) is 3.86. The highest BCUT2D eigenvalue weighted by Gasteiger charge is 2.12. The Kier molecular flexibility index (Phi) is 5.06. The van der Waals surface area contributed by atoms with Crippen molar-refractivity contribution < 1.29 is 4.74 Å². The summed E-state index contributed by atoms with van der Waals surface area (Å²) in [6.45, 7) is 8.86. The Labute approximate surface area is 111 Å². The fourth-order valence-electron chi connectivity index (χ4n) is 2.53. The van der Waals surface area contributed by atoms with Crippen LogP contribution in [0.25, 0.3) is 0 Å². The van der Waals surface area contributed by atoms with E-state index in [9.17, 15) is 0 Å². The predicted octanol–water partition coefficient (Wildman–Crippen LogP) is 3.67. The van der Waals surface area contributed by atoms with E-state index >= 15 is 0 Å². The van der Waals surface area contributed by atoms with E-state index in [1.54, 1.807) is 0 Å². The molecule has 0 saturated carbocycles. The van der Waals surface area contributed by atoms with Crippen molar-refractivity contribution >= 4 is 0 Å². The fraction of sp³-hybridized carbons (Fsp3) is 0.625. The zero-order valence-corrected chi connectivity index (χ0v) is 11.7. The first kappa shape index (κ1) is 13.4. The molecule has 1 heterocycles. The molecule has 1 fully saturated rings. The maximum atomic E-state index is 5.98. The predicted molar refractivity (Wildman–Crippen MR) is 76.3 cm³/mol. The van der Waals surface area contributed by atoms with Gasteiger partial charge < -0.3 is 4.74 Å². The lowest BCUT2D eigenvalue weighted by molar-refractivity contribution is 0.235. The van der Waals surface area contributed by atoms with Crippen molar-refractivity contribution in [3.63, 3.8) is 0 Å². The molecule has 0 amide bonds. The standard InChI is InChI=1S/C16H25NO/c1-3-14(2)15-8-4-5-9-16(15)18-13-12-17-10-6-7-11-17/h4-5,8-9,14H,3,6-7,10-13H2,1-2H3/t14-/m0/s1. The van der Waals surface area contributed by atoms with Gasteiger partial charge in [0.1, 0.15) is 12.4 Å². The van der Waals surface area contributed by atoms with Gasteiger partial charge in [0.05, 0.1) is 0 Å². The summed E-state index contributed by atoms with van der Waals surface area (Å²) < 4.78 is 5.98. The summed E-state index contributed by atoms with van der Waals surface area (Å²) >= 11 is 0. The Morgan fingerprint density at radius 2 is 1.94 bits per heavy atom. The van der Waals surface area contributed by atoms with Crippen molar-refractivity contribution in [2.24, 2.45) is 0 Å². The average molecular weight is 247 g/mol. The number of nitrogens with zero attached hydrogens (tertiary/aromatic N) is 1. The zero-order chi connectivity index (χ0) is 12.8. The van der Waals surface area contributed by atoms with E-state index in [2.05, 4.69) is 43.0 Å². The van der Waals surface area contributed by atoms with Crippen molar-refractivity contribution in [2.75, 3.05) is 26.2 Å². The van der Waals surface area contributed by atoms with Gasteiger partial charge in [-0.25, -0.2) is 0 Å². The molecule has 1 aliphatic heterocycles. The molecule has 18 heavy (non-hydrogen) atoms. The highest BCUT2D eigenvalue weighted by Crippen LogP contribution is 2.28. The molecule has 1 saturated heterocycles. The molecule has 0 aliphatic carbocycles. The topological polar surface area (TPSA) is 12.5 Å². The summed E-state index contributed by atoms with van der Waals surface area (Å²) in [5, 5.41) is 0. The van der Waals surface area contributed by atoms with Gasteiger partial charge in [-0.2, -0.15) is 0 Å². The van der Waals surface area contributed by atoms with Crippen LogP contribution in [0.1, 0.15) is 44.6 Å². The lowest BCUT2D eigenvalue weighted by Crippen LogP contribution is -2.25. The molecule has 0 radical (unpaired) electrons. The molecule has 0 spiro atoms. The normalized spacial score (nSPS) is 17.9. The number of ether oxygens (including phenoxy) is 1. The van der Waals surface area contributed by atoms with Gasteiger partial charge in [0.2, 0.25) is 0 Å². The monoisotopic (exact) mass is 247 g/mol. The van der Waals surface area contributed by atoms with E-state index in [1.807, 2.05) is 0 Å². The van der Waals surface area contributed by atoms with Gasteiger partial charge >= 0.3 is 0 Å². The second kappa shape index (κ2) is 6.79. The van der Waals surface area contributed by atoms with Crippen LogP contribution in [0.4, 0.5) is 0 Å². The highest BCUT2D eigenvalue weighted by atomic mass is 16.5. The van der Waals surface area contributed by atoms with Crippen LogP contribution in [0, 0.1) is 0 Å². The Bertz CT molecular complexity index is 358. The fourth-order valence-corrected chi connectivity index (χ4v) is 2.53. The number of para-hydroxylation sites is 1. The van der Waals surface area contributed by atoms with Crippen LogP contribution in [-0.2, 0) is 0 Å². The van der Waals surface area contributed by atoms with E-state index in [0.29, 0.717) is 5.92 Å². The minimum atomic E-state index is 0.577. The Morgan fingerprint density at radius 1 is 1.22 bits per heavy atom. The number of hydrogen-bond acceptors (Lipinski definition) is 2. The zero-order valence-electron chi connectivity index (χ0n) is 11.7. The number of rotatable bonds is 6. The van der Waals surface area contributed by atoms with Crippen LogP contribution in [-0.4, -0.2) is 31.1 Å². The first-order chi connectivity index (χ1) is 8.81. The molecule has 0 bridgehead atoms. The summed E-state index contributed by atoms with van der Waals surface area (Å²) in [7, 11) is 0. The van der Waals surface area contributed by atoms with Crippen LogP contribution in [0.2, 0.25) is 0 Å². The lowest BCUT2D eigenvalue weighted by Gasteiger charge is -2.18. The van der Waals surface area contributed by atoms with Gasteiger partial charge in [-0.3, -0.25) is 4.90 Å². The highest BCUT2D eigenvalue weighted by molar-refractivity contribution is 5.35. The number of benzene rings is 1. The molecular formula is C16H25NO. The minimum Gasteiger partial charge on any atom is -0.492 e. The van der Waals surface area contributed by atoms with Crippen LogP contribution in [0.3, 0.4) is 0 Å². The van der Waals surface area contributed by atoms with E-state index < -0.39 is 0 Å². The van der Waals surface area contributed by atoms with Crippen LogP contribution in [0.5, 0.6) is 5.75 Å². The Morgan fingerprint density at radius 3 is 2.67 bits per heavy atom. The minimum absolute atomic E-state index is 0.577. The smallest absolute Gasteiger partial charge is 0.122 e.